The van der Waals surface area contributed by atoms with Gasteiger partial charge in [0.25, 0.3) is 5.91 Å². The molecule has 0 radical (unpaired) electrons. The Bertz CT molecular complexity index is 1040. The third-order valence-electron chi connectivity index (χ3n) is 4.26. The minimum absolute atomic E-state index is 0.100. The molecule has 0 bridgehead atoms. The molecule has 0 aliphatic rings. The number of carbonyl (C=O) groups is 1. The first-order valence-electron chi connectivity index (χ1n) is 9.11. The average molecular weight is 407 g/mol. The fourth-order valence-electron chi connectivity index (χ4n) is 2.85. The molecule has 0 saturated heterocycles. The number of nitrogens with one attached hydrogen (secondary N) is 2. The van der Waals surface area contributed by atoms with Crippen molar-refractivity contribution in [1.29, 1.82) is 0 Å². The average Bonchev–Trinajstić information content (AvgIpc) is 2.71. The summed E-state index contributed by atoms with van der Waals surface area (Å²) in [6, 6.07) is 20.3. The van der Waals surface area contributed by atoms with E-state index in [1.807, 2.05) is 43.3 Å². The summed E-state index contributed by atoms with van der Waals surface area (Å²) in [6.45, 7) is 4.13. The summed E-state index contributed by atoms with van der Waals surface area (Å²) in [7, 11) is 0. The second-order valence-corrected chi connectivity index (χ2v) is 7.10. The van der Waals surface area contributed by atoms with E-state index >= 15 is 0 Å². The number of benzene rings is 3. The third kappa shape index (κ3) is 5.56. The molecule has 148 valence electrons. The summed E-state index contributed by atoms with van der Waals surface area (Å²) in [4.78, 5) is 12.5. The SMILES string of the molecule is Cc1cc(C)c(O)c(NC(=S)NC(=O)c2cccc(OCc3ccccc3)c2)c1. The third-order valence-corrected chi connectivity index (χ3v) is 4.47. The monoisotopic (exact) mass is 406 g/mol. The normalized spacial score (nSPS) is 10.3. The van der Waals surface area contributed by atoms with Gasteiger partial charge in [-0.1, -0.05) is 42.5 Å². The first-order valence-corrected chi connectivity index (χ1v) is 9.52. The minimum Gasteiger partial charge on any atom is -0.505 e. The summed E-state index contributed by atoms with van der Waals surface area (Å²) in [5, 5.41) is 15.8. The van der Waals surface area contributed by atoms with Crippen molar-refractivity contribution in [3.63, 3.8) is 0 Å². The molecule has 1 amide bonds. The van der Waals surface area contributed by atoms with E-state index in [1.54, 1.807) is 37.3 Å². The number of hydrogen-bond donors (Lipinski definition) is 3. The lowest BCUT2D eigenvalue weighted by atomic mass is 10.1. The largest absolute Gasteiger partial charge is 0.505 e. The molecule has 0 aliphatic carbocycles. The molecular formula is C23H22N2O3S. The van der Waals surface area contributed by atoms with Crippen LogP contribution in [0.25, 0.3) is 0 Å². The summed E-state index contributed by atoms with van der Waals surface area (Å²) in [6.07, 6.45) is 0. The van der Waals surface area contributed by atoms with Crippen molar-refractivity contribution in [2.75, 3.05) is 5.32 Å². The van der Waals surface area contributed by atoms with Gasteiger partial charge in [-0.25, -0.2) is 0 Å². The molecule has 3 aromatic rings. The van der Waals surface area contributed by atoms with Crippen LogP contribution in [-0.4, -0.2) is 16.1 Å². The Labute approximate surface area is 175 Å². The van der Waals surface area contributed by atoms with Gasteiger partial charge in [-0.15, -0.1) is 0 Å². The number of anilines is 1. The molecule has 0 aliphatic heterocycles. The lowest BCUT2D eigenvalue weighted by Gasteiger charge is -2.13. The number of amides is 1. The highest BCUT2D eigenvalue weighted by Gasteiger charge is 2.12. The maximum Gasteiger partial charge on any atom is 0.257 e. The van der Waals surface area contributed by atoms with E-state index in [9.17, 15) is 9.90 Å². The second kappa shape index (κ2) is 9.21. The van der Waals surface area contributed by atoms with Crippen LogP contribution in [0, 0.1) is 13.8 Å². The topological polar surface area (TPSA) is 70.6 Å². The van der Waals surface area contributed by atoms with Crippen molar-refractivity contribution in [2.45, 2.75) is 20.5 Å². The van der Waals surface area contributed by atoms with Crippen molar-refractivity contribution in [2.24, 2.45) is 0 Å². The first-order chi connectivity index (χ1) is 13.9. The number of aromatic hydroxyl groups is 1. The number of ether oxygens (including phenoxy) is 1. The summed E-state index contributed by atoms with van der Waals surface area (Å²) in [5.41, 5.74) is 3.61. The van der Waals surface area contributed by atoms with Crippen LogP contribution >= 0.6 is 12.2 Å². The van der Waals surface area contributed by atoms with Gasteiger partial charge < -0.3 is 15.2 Å². The van der Waals surface area contributed by atoms with Crippen LogP contribution in [-0.2, 0) is 6.61 Å². The molecule has 0 atom stereocenters. The van der Waals surface area contributed by atoms with E-state index in [4.69, 9.17) is 17.0 Å². The predicted octanol–water partition coefficient (Wildman–Crippen LogP) is 4.71. The molecule has 0 saturated carbocycles. The minimum atomic E-state index is -0.364. The first kappa shape index (κ1) is 20.4. The van der Waals surface area contributed by atoms with Gasteiger partial charge in [0, 0.05) is 5.56 Å². The van der Waals surface area contributed by atoms with E-state index in [0.717, 1.165) is 16.7 Å². The summed E-state index contributed by atoms with van der Waals surface area (Å²) >= 11 is 5.22. The molecule has 5 nitrogen and oxygen atoms in total. The Hall–Kier alpha value is -3.38. The zero-order chi connectivity index (χ0) is 20.8. The number of thiocarbonyl (C=S) groups is 1. The molecule has 3 aromatic carbocycles. The molecule has 0 aromatic heterocycles. The van der Waals surface area contributed by atoms with Crippen molar-refractivity contribution in [3.8, 4) is 11.5 Å². The van der Waals surface area contributed by atoms with E-state index in [2.05, 4.69) is 10.6 Å². The van der Waals surface area contributed by atoms with E-state index in [-0.39, 0.29) is 16.8 Å². The summed E-state index contributed by atoms with van der Waals surface area (Å²) < 4.78 is 5.76. The Morgan fingerprint density at radius 3 is 2.55 bits per heavy atom. The zero-order valence-electron chi connectivity index (χ0n) is 16.2. The summed E-state index contributed by atoms with van der Waals surface area (Å²) in [5.74, 6) is 0.326. The van der Waals surface area contributed by atoms with Gasteiger partial charge in [-0.05, 0) is 67.0 Å². The number of phenols is 1. The molecule has 0 unspecified atom stereocenters. The Morgan fingerprint density at radius 1 is 1.03 bits per heavy atom. The van der Waals surface area contributed by atoms with Crippen molar-refractivity contribution >= 4 is 28.9 Å². The second-order valence-electron chi connectivity index (χ2n) is 6.69. The van der Waals surface area contributed by atoms with Gasteiger partial charge in [0.1, 0.15) is 18.1 Å². The van der Waals surface area contributed by atoms with Crippen molar-refractivity contribution < 1.29 is 14.6 Å². The van der Waals surface area contributed by atoms with Crippen LogP contribution in [0.15, 0.2) is 66.7 Å². The smallest absolute Gasteiger partial charge is 0.257 e. The highest BCUT2D eigenvalue weighted by Crippen LogP contribution is 2.28. The molecular weight excluding hydrogens is 384 g/mol. The van der Waals surface area contributed by atoms with Gasteiger partial charge in [0.2, 0.25) is 0 Å². The van der Waals surface area contributed by atoms with Gasteiger partial charge in [0.15, 0.2) is 5.11 Å². The van der Waals surface area contributed by atoms with E-state index in [0.29, 0.717) is 23.6 Å². The maximum atomic E-state index is 12.5. The highest BCUT2D eigenvalue weighted by atomic mass is 32.1. The molecule has 6 heteroatoms. The van der Waals surface area contributed by atoms with Crippen LogP contribution in [0.5, 0.6) is 11.5 Å². The molecule has 0 spiro atoms. The molecule has 29 heavy (non-hydrogen) atoms. The fraction of sp³-hybridized carbons (Fsp3) is 0.130. The Balaban J connectivity index is 1.62. The maximum absolute atomic E-state index is 12.5. The Morgan fingerprint density at radius 2 is 1.79 bits per heavy atom. The number of rotatable bonds is 5. The number of phenolic OH excluding ortho intramolecular Hbond substituents is 1. The standard InChI is InChI=1S/C23H22N2O3S/c1-15-11-16(2)21(26)20(12-15)24-23(29)25-22(27)18-9-6-10-19(13-18)28-14-17-7-4-3-5-8-17/h3-13,26H,14H2,1-2H3,(H2,24,25,27,29). The number of aryl methyl sites for hydroxylation is 2. The van der Waals surface area contributed by atoms with Gasteiger partial charge in [-0.2, -0.15) is 0 Å². The lowest BCUT2D eigenvalue weighted by molar-refractivity contribution is 0.0977. The fourth-order valence-corrected chi connectivity index (χ4v) is 3.05. The van der Waals surface area contributed by atoms with Gasteiger partial charge in [-0.3, -0.25) is 10.1 Å². The molecule has 0 heterocycles. The van der Waals surface area contributed by atoms with Crippen LogP contribution in [0.3, 0.4) is 0 Å². The van der Waals surface area contributed by atoms with Gasteiger partial charge >= 0.3 is 0 Å². The number of carbonyl (C=O) groups excluding carboxylic acids is 1. The molecule has 3 N–H and O–H groups in total. The molecule has 3 rings (SSSR count). The lowest BCUT2D eigenvalue weighted by Crippen LogP contribution is -2.34. The van der Waals surface area contributed by atoms with E-state index < -0.39 is 0 Å². The van der Waals surface area contributed by atoms with Crippen LogP contribution in [0.2, 0.25) is 0 Å². The molecule has 0 fully saturated rings. The van der Waals surface area contributed by atoms with Crippen LogP contribution < -0.4 is 15.4 Å². The highest BCUT2D eigenvalue weighted by molar-refractivity contribution is 7.80. The number of hydrogen-bond acceptors (Lipinski definition) is 4. The Kier molecular flexibility index (Phi) is 6.46. The predicted molar refractivity (Wildman–Crippen MR) is 118 cm³/mol. The van der Waals surface area contributed by atoms with Crippen LogP contribution in [0.1, 0.15) is 27.0 Å². The van der Waals surface area contributed by atoms with E-state index in [1.165, 1.54) is 0 Å². The van der Waals surface area contributed by atoms with Crippen molar-refractivity contribution in [1.82, 2.24) is 5.32 Å². The van der Waals surface area contributed by atoms with Gasteiger partial charge in [0.05, 0.1) is 5.69 Å². The van der Waals surface area contributed by atoms with Crippen LogP contribution in [0.4, 0.5) is 5.69 Å². The quantitative estimate of drug-likeness (QED) is 0.423. The van der Waals surface area contributed by atoms with Crippen molar-refractivity contribution in [3.05, 3.63) is 89.0 Å². The zero-order valence-corrected chi connectivity index (χ0v) is 17.0.